The highest BCUT2D eigenvalue weighted by molar-refractivity contribution is 5.71. The Morgan fingerprint density at radius 3 is 1.06 bits per heavy atom. The first-order valence-electron chi connectivity index (χ1n) is 21.4. The van der Waals surface area contributed by atoms with Gasteiger partial charge in [-0.25, -0.2) is 0 Å². The number of hydrogen-bond acceptors (Lipinski definition) is 6. The number of carbonyl (C=O) groups is 3. The molecule has 0 aliphatic rings. The van der Waals surface area contributed by atoms with Crippen LogP contribution in [0.3, 0.4) is 0 Å². The van der Waals surface area contributed by atoms with E-state index in [4.69, 9.17) is 14.2 Å². The van der Waals surface area contributed by atoms with E-state index in [0.717, 1.165) is 63.7 Å². The molecule has 49 heavy (non-hydrogen) atoms. The minimum atomic E-state index is -0.758. The Hall–Kier alpha value is -1.59. The maximum Gasteiger partial charge on any atom is 0.306 e. The van der Waals surface area contributed by atoms with Gasteiger partial charge in [0.25, 0.3) is 0 Å². The highest BCUT2D eigenvalue weighted by atomic mass is 16.6. The number of hydrogen-bond donors (Lipinski definition) is 0. The zero-order valence-corrected chi connectivity index (χ0v) is 33.1. The molecule has 0 aliphatic heterocycles. The van der Waals surface area contributed by atoms with Crippen LogP contribution in [0.5, 0.6) is 0 Å². The molecule has 1 unspecified atom stereocenters. The van der Waals surface area contributed by atoms with Crippen LogP contribution in [-0.2, 0) is 28.6 Å². The van der Waals surface area contributed by atoms with Crippen LogP contribution < -0.4 is 0 Å². The molecule has 0 aliphatic carbocycles. The lowest BCUT2D eigenvalue weighted by Crippen LogP contribution is -2.30. The maximum absolute atomic E-state index is 12.6. The summed E-state index contributed by atoms with van der Waals surface area (Å²) < 4.78 is 16.6. The quantitative estimate of drug-likeness (QED) is 0.0364. The van der Waals surface area contributed by atoms with Crippen LogP contribution in [-0.4, -0.2) is 37.2 Å². The van der Waals surface area contributed by atoms with Crippen molar-refractivity contribution in [2.24, 2.45) is 5.92 Å². The fraction of sp³-hybridized carbons (Fsp3) is 0.930. The first-order chi connectivity index (χ1) is 23.9. The van der Waals surface area contributed by atoms with Crippen LogP contribution in [0.4, 0.5) is 0 Å². The van der Waals surface area contributed by atoms with Crippen LogP contribution in [0.1, 0.15) is 233 Å². The van der Waals surface area contributed by atoms with Crippen molar-refractivity contribution in [2.45, 2.75) is 239 Å². The standard InChI is InChI=1S/C43H82O6/c1-5-8-10-12-14-16-17-18-20-22-27-31-35-42(45)48-38-40(37-47-41(44)34-30-26-21-19-15-13-11-9-6-2)49-43(46)36-32-28-24-23-25-29-33-39(4)7-3/h39-40H,5-38H2,1-4H3/t39?,40-/m1/s1. The molecule has 0 aromatic heterocycles. The third kappa shape index (κ3) is 36.0. The summed E-state index contributed by atoms with van der Waals surface area (Å²) in [4.78, 5) is 37.5. The largest absolute Gasteiger partial charge is 0.462 e. The van der Waals surface area contributed by atoms with E-state index in [1.165, 1.54) is 128 Å². The number of rotatable bonds is 38. The number of unbranched alkanes of at least 4 members (excludes halogenated alkanes) is 24. The van der Waals surface area contributed by atoms with Crippen LogP contribution >= 0.6 is 0 Å². The van der Waals surface area contributed by atoms with Crippen molar-refractivity contribution >= 4 is 17.9 Å². The average molecular weight is 695 g/mol. The summed E-state index contributed by atoms with van der Waals surface area (Å²) in [6.45, 7) is 8.93. The van der Waals surface area contributed by atoms with Gasteiger partial charge in [0.15, 0.2) is 6.10 Å². The molecule has 0 N–H and O–H groups in total. The summed E-state index contributed by atoms with van der Waals surface area (Å²) in [5, 5.41) is 0. The second-order valence-corrected chi connectivity index (χ2v) is 14.9. The highest BCUT2D eigenvalue weighted by Crippen LogP contribution is 2.16. The zero-order chi connectivity index (χ0) is 36.0. The van der Waals surface area contributed by atoms with E-state index in [1.54, 1.807) is 0 Å². The predicted octanol–water partition coefficient (Wildman–Crippen LogP) is 13.2. The van der Waals surface area contributed by atoms with Crippen LogP contribution in [0.15, 0.2) is 0 Å². The van der Waals surface area contributed by atoms with Crippen LogP contribution in [0.25, 0.3) is 0 Å². The average Bonchev–Trinajstić information content (AvgIpc) is 3.10. The van der Waals surface area contributed by atoms with Gasteiger partial charge >= 0.3 is 17.9 Å². The molecule has 2 atom stereocenters. The van der Waals surface area contributed by atoms with Crippen molar-refractivity contribution < 1.29 is 28.6 Å². The Kier molecular flexibility index (Phi) is 36.4. The van der Waals surface area contributed by atoms with Gasteiger partial charge in [0, 0.05) is 19.3 Å². The van der Waals surface area contributed by atoms with Crippen LogP contribution in [0.2, 0.25) is 0 Å². The van der Waals surface area contributed by atoms with Gasteiger partial charge in [-0.2, -0.15) is 0 Å². The molecular weight excluding hydrogens is 612 g/mol. The third-order valence-corrected chi connectivity index (χ3v) is 9.90. The summed E-state index contributed by atoms with van der Waals surface area (Å²) >= 11 is 0. The minimum Gasteiger partial charge on any atom is -0.462 e. The summed E-state index contributed by atoms with van der Waals surface area (Å²) in [6.07, 6.45) is 35.1. The van der Waals surface area contributed by atoms with Crippen molar-refractivity contribution in [2.75, 3.05) is 13.2 Å². The van der Waals surface area contributed by atoms with Crippen molar-refractivity contribution in [1.29, 1.82) is 0 Å². The lowest BCUT2D eigenvalue weighted by atomic mass is 10.00. The van der Waals surface area contributed by atoms with Gasteiger partial charge in [-0.15, -0.1) is 0 Å². The van der Waals surface area contributed by atoms with Gasteiger partial charge in [0.1, 0.15) is 13.2 Å². The topological polar surface area (TPSA) is 78.9 Å². The molecule has 0 fully saturated rings. The molecule has 6 nitrogen and oxygen atoms in total. The molecule has 0 saturated heterocycles. The molecule has 6 heteroatoms. The van der Waals surface area contributed by atoms with E-state index in [-0.39, 0.29) is 31.1 Å². The smallest absolute Gasteiger partial charge is 0.306 e. The predicted molar refractivity (Wildman–Crippen MR) is 206 cm³/mol. The summed E-state index contributed by atoms with van der Waals surface area (Å²) in [6, 6.07) is 0. The molecule has 0 aromatic carbocycles. The first-order valence-corrected chi connectivity index (χ1v) is 21.4. The number of esters is 3. The summed E-state index contributed by atoms with van der Waals surface area (Å²) in [7, 11) is 0. The van der Waals surface area contributed by atoms with Crippen molar-refractivity contribution in [3.63, 3.8) is 0 Å². The van der Waals surface area contributed by atoms with Gasteiger partial charge in [-0.05, 0) is 25.2 Å². The molecular formula is C43H82O6. The normalized spacial score (nSPS) is 12.5. The van der Waals surface area contributed by atoms with Crippen molar-refractivity contribution in [3.05, 3.63) is 0 Å². The minimum absolute atomic E-state index is 0.0652. The summed E-state index contributed by atoms with van der Waals surface area (Å²) in [5.74, 6) is -0.0538. The fourth-order valence-corrected chi connectivity index (χ4v) is 6.24. The fourth-order valence-electron chi connectivity index (χ4n) is 6.24. The Labute approximate surface area is 304 Å². The molecule has 0 amide bonds. The molecule has 0 aromatic rings. The van der Waals surface area contributed by atoms with E-state index >= 15 is 0 Å². The van der Waals surface area contributed by atoms with Crippen molar-refractivity contribution in [1.82, 2.24) is 0 Å². The van der Waals surface area contributed by atoms with E-state index in [1.807, 2.05) is 0 Å². The van der Waals surface area contributed by atoms with E-state index in [2.05, 4.69) is 27.7 Å². The second-order valence-electron chi connectivity index (χ2n) is 14.9. The number of carbonyl (C=O) groups excluding carboxylic acids is 3. The Morgan fingerprint density at radius 1 is 0.408 bits per heavy atom. The van der Waals surface area contributed by atoms with Crippen LogP contribution in [0, 0.1) is 5.92 Å². The molecule has 290 valence electrons. The van der Waals surface area contributed by atoms with Gasteiger partial charge in [-0.3, -0.25) is 14.4 Å². The first kappa shape index (κ1) is 47.4. The summed E-state index contributed by atoms with van der Waals surface area (Å²) in [5.41, 5.74) is 0. The molecule has 0 bridgehead atoms. The zero-order valence-electron chi connectivity index (χ0n) is 33.1. The van der Waals surface area contributed by atoms with Gasteiger partial charge < -0.3 is 14.2 Å². The van der Waals surface area contributed by atoms with Gasteiger partial charge in [0.2, 0.25) is 0 Å². The molecule has 0 rings (SSSR count). The van der Waals surface area contributed by atoms with Gasteiger partial charge in [0.05, 0.1) is 0 Å². The van der Waals surface area contributed by atoms with E-state index < -0.39 is 6.10 Å². The van der Waals surface area contributed by atoms with E-state index in [0.29, 0.717) is 19.3 Å². The second kappa shape index (κ2) is 37.7. The Balaban J connectivity index is 4.34. The lowest BCUT2D eigenvalue weighted by molar-refractivity contribution is -0.167. The number of ether oxygens (including phenoxy) is 3. The monoisotopic (exact) mass is 695 g/mol. The van der Waals surface area contributed by atoms with Crippen molar-refractivity contribution in [3.8, 4) is 0 Å². The molecule has 0 heterocycles. The maximum atomic E-state index is 12.6. The Bertz CT molecular complexity index is 738. The molecule has 0 radical (unpaired) electrons. The molecule has 0 spiro atoms. The lowest BCUT2D eigenvalue weighted by Gasteiger charge is -2.18. The molecule has 0 saturated carbocycles. The Morgan fingerprint density at radius 2 is 0.714 bits per heavy atom. The highest BCUT2D eigenvalue weighted by Gasteiger charge is 2.19. The third-order valence-electron chi connectivity index (χ3n) is 9.90. The van der Waals surface area contributed by atoms with Gasteiger partial charge in [-0.1, -0.05) is 195 Å². The van der Waals surface area contributed by atoms with E-state index in [9.17, 15) is 14.4 Å². The SMILES string of the molecule is CCCCCCCCCCCCCCC(=O)OC[C@@H](COC(=O)CCCCCCCCCCC)OC(=O)CCCCCCCCC(C)CC.